The Hall–Kier alpha value is -2.34. The van der Waals surface area contributed by atoms with Gasteiger partial charge in [0.25, 0.3) is 5.91 Å². The Balaban J connectivity index is 1.41. The summed E-state index contributed by atoms with van der Waals surface area (Å²) in [5.74, 6) is -0.108. The molecule has 0 atom stereocenters. The van der Waals surface area contributed by atoms with E-state index in [1.807, 2.05) is 22.9 Å². The second-order valence-electron chi connectivity index (χ2n) is 6.62. The predicted molar refractivity (Wildman–Crippen MR) is 107 cm³/mol. The first-order valence-corrected chi connectivity index (χ1v) is 10.0. The SMILES string of the molecule is Cc1cc(NC(=O)CCCNC(=O)c2ccsc2)ccc1N1CCCC1. The number of anilines is 2. The Bertz CT molecular complexity index is 752. The van der Waals surface area contributed by atoms with E-state index in [2.05, 4.69) is 28.5 Å². The number of carbonyl (C=O) groups excluding carboxylic acids is 2. The van der Waals surface area contributed by atoms with Gasteiger partial charge in [-0.2, -0.15) is 11.3 Å². The number of nitrogens with one attached hydrogen (secondary N) is 2. The van der Waals surface area contributed by atoms with Gasteiger partial charge < -0.3 is 15.5 Å². The average Bonchev–Trinajstić information content (AvgIpc) is 3.32. The van der Waals surface area contributed by atoms with Crippen LogP contribution in [0.2, 0.25) is 0 Å². The molecule has 2 aromatic rings. The Kier molecular flexibility index (Phi) is 6.28. The molecular weight excluding hydrogens is 346 g/mol. The lowest BCUT2D eigenvalue weighted by molar-refractivity contribution is -0.116. The number of amides is 2. The first kappa shape index (κ1) is 18.5. The Morgan fingerprint density at radius 2 is 2.00 bits per heavy atom. The van der Waals surface area contributed by atoms with E-state index in [-0.39, 0.29) is 11.8 Å². The lowest BCUT2D eigenvalue weighted by atomic mass is 10.1. The Morgan fingerprint density at radius 1 is 1.19 bits per heavy atom. The number of hydrogen-bond acceptors (Lipinski definition) is 4. The molecule has 26 heavy (non-hydrogen) atoms. The standard InChI is InChI=1S/C20H25N3O2S/c1-15-13-17(6-7-18(15)23-10-2-3-11-23)22-19(24)5-4-9-21-20(25)16-8-12-26-14-16/h6-8,12-14H,2-5,9-11H2,1H3,(H,21,25)(H,22,24). The van der Waals surface area contributed by atoms with Crippen LogP contribution < -0.4 is 15.5 Å². The number of nitrogens with zero attached hydrogens (tertiary/aromatic N) is 1. The van der Waals surface area contributed by atoms with Crippen LogP contribution in [-0.4, -0.2) is 31.4 Å². The van der Waals surface area contributed by atoms with Gasteiger partial charge in [-0.1, -0.05) is 0 Å². The van der Waals surface area contributed by atoms with E-state index < -0.39 is 0 Å². The third-order valence-electron chi connectivity index (χ3n) is 4.58. The Morgan fingerprint density at radius 3 is 2.69 bits per heavy atom. The van der Waals surface area contributed by atoms with Crippen LogP contribution in [0.4, 0.5) is 11.4 Å². The van der Waals surface area contributed by atoms with Crippen LogP contribution in [-0.2, 0) is 4.79 Å². The zero-order chi connectivity index (χ0) is 18.4. The van der Waals surface area contributed by atoms with E-state index in [4.69, 9.17) is 0 Å². The molecule has 0 bridgehead atoms. The first-order chi connectivity index (χ1) is 12.6. The van der Waals surface area contributed by atoms with Gasteiger partial charge in [-0.25, -0.2) is 0 Å². The molecule has 6 heteroatoms. The molecule has 1 aliphatic rings. The molecule has 0 radical (unpaired) electrons. The molecule has 5 nitrogen and oxygen atoms in total. The minimum absolute atomic E-state index is 0.0249. The molecule has 1 aromatic heterocycles. The summed E-state index contributed by atoms with van der Waals surface area (Å²) in [6, 6.07) is 7.89. The largest absolute Gasteiger partial charge is 0.371 e. The third kappa shape index (κ3) is 4.85. The van der Waals surface area contributed by atoms with Crippen molar-refractivity contribution in [2.45, 2.75) is 32.6 Å². The average molecular weight is 372 g/mol. The fourth-order valence-corrected chi connectivity index (χ4v) is 3.85. The number of hydrogen-bond donors (Lipinski definition) is 2. The minimum Gasteiger partial charge on any atom is -0.371 e. The monoisotopic (exact) mass is 371 g/mol. The van der Waals surface area contributed by atoms with Crippen molar-refractivity contribution in [3.05, 3.63) is 46.2 Å². The van der Waals surface area contributed by atoms with Crippen LogP contribution in [0.5, 0.6) is 0 Å². The van der Waals surface area contributed by atoms with E-state index in [1.165, 1.54) is 35.4 Å². The van der Waals surface area contributed by atoms with E-state index in [9.17, 15) is 9.59 Å². The fourth-order valence-electron chi connectivity index (χ4n) is 3.22. The molecule has 1 saturated heterocycles. The van der Waals surface area contributed by atoms with Crippen molar-refractivity contribution < 1.29 is 9.59 Å². The molecule has 138 valence electrons. The zero-order valence-corrected chi connectivity index (χ0v) is 15.9. The van der Waals surface area contributed by atoms with Gasteiger partial charge in [-0.05, 0) is 61.4 Å². The van der Waals surface area contributed by atoms with Crippen LogP contribution in [0.15, 0.2) is 35.0 Å². The predicted octanol–water partition coefficient (Wildman–Crippen LogP) is 3.81. The molecule has 1 fully saturated rings. The van der Waals surface area contributed by atoms with Gasteiger partial charge in [0.1, 0.15) is 0 Å². The third-order valence-corrected chi connectivity index (χ3v) is 5.26. The van der Waals surface area contributed by atoms with Crippen LogP contribution in [0.3, 0.4) is 0 Å². The molecule has 1 aromatic carbocycles. The summed E-state index contributed by atoms with van der Waals surface area (Å²) in [5.41, 5.74) is 3.95. The lowest BCUT2D eigenvalue weighted by Gasteiger charge is -2.20. The molecule has 0 spiro atoms. The highest BCUT2D eigenvalue weighted by atomic mass is 32.1. The number of rotatable bonds is 7. The highest BCUT2D eigenvalue weighted by Gasteiger charge is 2.14. The number of aryl methyl sites for hydroxylation is 1. The maximum Gasteiger partial charge on any atom is 0.252 e. The molecule has 2 heterocycles. The summed E-state index contributed by atoms with van der Waals surface area (Å²) >= 11 is 1.50. The van der Waals surface area contributed by atoms with Gasteiger partial charge in [-0.3, -0.25) is 9.59 Å². The summed E-state index contributed by atoms with van der Waals surface area (Å²) in [6.45, 7) is 4.81. The van der Waals surface area contributed by atoms with Crippen molar-refractivity contribution in [1.29, 1.82) is 0 Å². The van der Waals surface area contributed by atoms with Gasteiger partial charge >= 0.3 is 0 Å². The van der Waals surface area contributed by atoms with Crippen LogP contribution in [0, 0.1) is 6.92 Å². The molecule has 0 aliphatic carbocycles. The molecule has 3 rings (SSSR count). The molecule has 2 N–H and O–H groups in total. The van der Waals surface area contributed by atoms with Crippen molar-refractivity contribution in [3.8, 4) is 0 Å². The van der Waals surface area contributed by atoms with Crippen molar-refractivity contribution in [1.82, 2.24) is 5.32 Å². The van der Waals surface area contributed by atoms with E-state index in [0.29, 0.717) is 24.9 Å². The maximum absolute atomic E-state index is 12.1. The van der Waals surface area contributed by atoms with Crippen LogP contribution in [0.25, 0.3) is 0 Å². The molecule has 2 amide bonds. The molecule has 0 saturated carbocycles. The molecule has 1 aliphatic heterocycles. The van der Waals surface area contributed by atoms with Crippen molar-refractivity contribution in [2.24, 2.45) is 0 Å². The fraction of sp³-hybridized carbons (Fsp3) is 0.400. The molecule has 0 unspecified atom stereocenters. The quantitative estimate of drug-likeness (QED) is 0.728. The number of carbonyl (C=O) groups is 2. The summed E-state index contributed by atoms with van der Waals surface area (Å²) in [4.78, 5) is 26.3. The highest BCUT2D eigenvalue weighted by Crippen LogP contribution is 2.26. The minimum atomic E-state index is -0.0835. The van der Waals surface area contributed by atoms with E-state index in [0.717, 1.165) is 18.8 Å². The second kappa shape index (κ2) is 8.85. The normalized spacial score (nSPS) is 13.7. The van der Waals surface area contributed by atoms with Gasteiger partial charge in [-0.15, -0.1) is 0 Å². The van der Waals surface area contributed by atoms with Gasteiger partial charge in [0, 0.05) is 48.4 Å². The smallest absolute Gasteiger partial charge is 0.252 e. The van der Waals surface area contributed by atoms with Gasteiger partial charge in [0.15, 0.2) is 0 Å². The summed E-state index contributed by atoms with van der Waals surface area (Å²) in [6.07, 6.45) is 3.51. The topological polar surface area (TPSA) is 61.4 Å². The van der Waals surface area contributed by atoms with Crippen LogP contribution in [0.1, 0.15) is 41.6 Å². The summed E-state index contributed by atoms with van der Waals surface area (Å²) < 4.78 is 0. The van der Waals surface area contributed by atoms with Crippen LogP contribution >= 0.6 is 11.3 Å². The van der Waals surface area contributed by atoms with Gasteiger partial charge in [0.2, 0.25) is 5.91 Å². The van der Waals surface area contributed by atoms with Gasteiger partial charge in [0.05, 0.1) is 0 Å². The van der Waals surface area contributed by atoms with Crippen molar-refractivity contribution >= 4 is 34.5 Å². The molecular formula is C20H25N3O2S. The number of thiophene rings is 1. The van der Waals surface area contributed by atoms with Crippen molar-refractivity contribution in [3.63, 3.8) is 0 Å². The zero-order valence-electron chi connectivity index (χ0n) is 15.1. The second-order valence-corrected chi connectivity index (χ2v) is 7.40. The van der Waals surface area contributed by atoms with E-state index >= 15 is 0 Å². The first-order valence-electron chi connectivity index (χ1n) is 9.09. The highest BCUT2D eigenvalue weighted by molar-refractivity contribution is 7.08. The van der Waals surface area contributed by atoms with E-state index in [1.54, 1.807) is 6.07 Å². The maximum atomic E-state index is 12.1. The summed E-state index contributed by atoms with van der Waals surface area (Å²) in [5, 5.41) is 9.47. The summed E-state index contributed by atoms with van der Waals surface area (Å²) in [7, 11) is 0. The lowest BCUT2D eigenvalue weighted by Crippen LogP contribution is -2.25. The Labute approximate surface area is 158 Å². The number of benzene rings is 1. The van der Waals surface area contributed by atoms with Crippen molar-refractivity contribution in [2.75, 3.05) is 29.9 Å².